The zero-order valence-corrected chi connectivity index (χ0v) is 16.7. The summed E-state index contributed by atoms with van der Waals surface area (Å²) in [5.41, 5.74) is 1.78. The van der Waals surface area contributed by atoms with E-state index in [9.17, 15) is 8.42 Å². The van der Waals surface area contributed by atoms with Gasteiger partial charge in [0.05, 0.1) is 7.11 Å². The van der Waals surface area contributed by atoms with Gasteiger partial charge in [0.15, 0.2) is 11.5 Å². The lowest BCUT2D eigenvalue weighted by atomic mass is 10.1. The van der Waals surface area contributed by atoms with E-state index in [-0.39, 0.29) is 24.3 Å². The van der Waals surface area contributed by atoms with Crippen molar-refractivity contribution in [1.29, 1.82) is 0 Å². The van der Waals surface area contributed by atoms with Crippen LogP contribution in [0.4, 0.5) is 0 Å². The summed E-state index contributed by atoms with van der Waals surface area (Å²) in [6, 6.07) is 10.5. The molecule has 1 unspecified atom stereocenters. The second kappa shape index (κ2) is 7.75. The van der Waals surface area contributed by atoms with Crippen molar-refractivity contribution in [1.82, 2.24) is 9.62 Å². The topological polar surface area (TPSA) is 77.1 Å². The molecule has 1 N–H and O–H groups in total. The van der Waals surface area contributed by atoms with Crippen LogP contribution in [-0.4, -0.2) is 47.9 Å². The standard InChI is InChI=1S/C19H24N2O5S/c1-13-5-7-17(24-4)19(9-13)27(22,23)20-11-15(21(2)3)14-6-8-16-18(10-14)26-12-25-16/h5-10,15,20H,11-12H2,1-4H3. The van der Waals surface area contributed by atoms with E-state index in [0.717, 1.165) is 11.1 Å². The van der Waals surface area contributed by atoms with Crippen LogP contribution < -0.4 is 18.9 Å². The van der Waals surface area contributed by atoms with E-state index in [1.54, 1.807) is 12.1 Å². The third-order valence-electron chi connectivity index (χ3n) is 4.48. The summed E-state index contributed by atoms with van der Waals surface area (Å²) in [5.74, 6) is 1.68. The number of sulfonamides is 1. The van der Waals surface area contributed by atoms with Crippen LogP contribution in [0.2, 0.25) is 0 Å². The lowest BCUT2D eigenvalue weighted by molar-refractivity contribution is 0.174. The van der Waals surface area contributed by atoms with E-state index in [1.165, 1.54) is 7.11 Å². The second-order valence-corrected chi connectivity index (χ2v) is 8.33. The number of nitrogens with one attached hydrogen (secondary N) is 1. The highest BCUT2D eigenvalue weighted by Crippen LogP contribution is 2.35. The number of rotatable bonds is 7. The number of benzene rings is 2. The van der Waals surface area contributed by atoms with Crippen molar-refractivity contribution in [3.05, 3.63) is 47.5 Å². The Labute approximate surface area is 159 Å². The van der Waals surface area contributed by atoms with Gasteiger partial charge in [-0.25, -0.2) is 13.1 Å². The molecule has 7 nitrogen and oxygen atoms in total. The third kappa shape index (κ3) is 4.18. The van der Waals surface area contributed by atoms with Crippen LogP contribution in [0.1, 0.15) is 17.2 Å². The maximum Gasteiger partial charge on any atom is 0.244 e. The molecule has 2 aromatic carbocycles. The van der Waals surface area contributed by atoms with Crippen molar-refractivity contribution in [3.8, 4) is 17.2 Å². The van der Waals surface area contributed by atoms with Crippen molar-refractivity contribution < 1.29 is 22.6 Å². The number of hydrogen-bond acceptors (Lipinski definition) is 6. The monoisotopic (exact) mass is 392 g/mol. The highest BCUT2D eigenvalue weighted by molar-refractivity contribution is 7.89. The molecule has 0 aliphatic carbocycles. The zero-order valence-electron chi connectivity index (χ0n) is 15.9. The summed E-state index contributed by atoms with van der Waals surface area (Å²) in [5, 5.41) is 0. The molecule has 0 saturated heterocycles. The summed E-state index contributed by atoms with van der Waals surface area (Å²) >= 11 is 0. The van der Waals surface area contributed by atoms with Gasteiger partial charge in [-0.05, 0) is 56.4 Å². The number of aryl methyl sites for hydroxylation is 1. The molecule has 3 rings (SSSR count). The molecule has 27 heavy (non-hydrogen) atoms. The van der Waals surface area contributed by atoms with Gasteiger partial charge in [-0.2, -0.15) is 0 Å². The molecule has 1 aliphatic heterocycles. The highest BCUT2D eigenvalue weighted by Gasteiger charge is 2.24. The van der Waals surface area contributed by atoms with Gasteiger partial charge < -0.3 is 19.1 Å². The minimum atomic E-state index is -3.73. The Kier molecular flexibility index (Phi) is 5.59. The fourth-order valence-corrected chi connectivity index (χ4v) is 4.27. The molecule has 1 atom stereocenters. The Bertz CT molecular complexity index is 928. The van der Waals surface area contributed by atoms with Crippen molar-refractivity contribution >= 4 is 10.0 Å². The van der Waals surface area contributed by atoms with Crippen LogP contribution in [-0.2, 0) is 10.0 Å². The van der Waals surface area contributed by atoms with E-state index in [4.69, 9.17) is 14.2 Å². The maximum absolute atomic E-state index is 12.9. The van der Waals surface area contributed by atoms with Crippen molar-refractivity contribution in [2.75, 3.05) is 34.5 Å². The minimum Gasteiger partial charge on any atom is -0.495 e. The molecule has 2 aromatic rings. The number of likely N-dealkylation sites (N-methyl/N-ethyl adjacent to an activating group) is 1. The molecule has 0 radical (unpaired) electrons. The first-order valence-electron chi connectivity index (χ1n) is 8.52. The molecule has 0 bridgehead atoms. The van der Waals surface area contributed by atoms with Crippen molar-refractivity contribution in [3.63, 3.8) is 0 Å². The van der Waals surface area contributed by atoms with Gasteiger partial charge in [0.2, 0.25) is 16.8 Å². The van der Waals surface area contributed by atoms with Crippen LogP contribution in [0.15, 0.2) is 41.3 Å². The number of ether oxygens (including phenoxy) is 3. The first-order chi connectivity index (χ1) is 12.8. The summed E-state index contributed by atoms with van der Waals surface area (Å²) in [4.78, 5) is 2.08. The summed E-state index contributed by atoms with van der Waals surface area (Å²) in [6.07, 6.45) is 0. The summed E-state index contributed by atoms with van der Waals surface area (Å²) < 4.78 is 44.4. The van der Waals surface area contributed by atoms with E-state index in [1.807, 2.05) is 50.2 Å². The normalized spacial score (nSPS) is 14.4. The van der Waals surface area contributed by atoms with Gasteiger partial charge in [0, 0.05) is 12.6 Å². The van der Waals surface area contributed by atoms with Gasteiger partial charge in [0.1, 0.15) is 10.6 Å². The van der Waals surface area contributed by atoms with Gasteiger partial charge >= 0.3 is 0 Å². The first kappa shape index (κ1) is 19.5. The number of methoxy groups -OCH3 is 1. The molecular formula is C19H24N2O5S. The van der Waals surface area contributed by atoms with Gasteiger partial charge in [-0.1, -0.05) is 12.1 Å². The van der Waals surface area contributed by atoms with Crippen LogP contribution in [0.5, 0.6) is 17.2 Å². The fourth-order valence-electron chi connectivity index (χ4n) is 2.98. The minimum absolute atomic E-state index is 0.133. The third-order valence-corrected chi connectivity index (χ3v) is 5.92. The lowest BCUT2D eigenvalue weighted by Crippen LogP contribution is -2.34. The Morgan fingerprint density at radius 3 is 2.59 bits per heavy atom. The Hall–Kier alpha value is -2.29. The van der Waals surface area contributed by atoms with Crippen LogP contribution in [0, 0.1) is 6.92 Å². The van der Waals surface area contributed by atoms with Crippen LogP contribution in [0.25, 0.3) is 0 Å². The largest absolute Gasteiger partial charge is 0.495 e. The molecule has 1 heterocycles. The molecule has 146 valence electrons. The predicted octanol–water partition coefficient (Wildman–Crippen LogP) is 2.31. The fraction of sp³-hybridized carbons (Fsp3) is 0.368. The van der Waals surface area contributed by atoms with Crippen molar-refractivity contribution in [2.45, 2.75) is 17.9 Å². The molecule has 1 aliphatic rings. The Morgan fingerprint density at radius 1 is 1.15 bits per heavy atom. The SMILES string of the molecule is COc1ccc(C)cc1S(=O)(=O)NCC(c1ccc2c(c1)OCO2)N(C)C. The van der Waals surface area contributed by atoms with Crippen molar-refractivity contribution in [2.24, 2.45) is 0 Å². The number of nitrogens with zero attached hydrogens (tertiary/aromatic N) is 1. The zero-order chi connectivity index (χ0) is 19.6. The quantitative estimate of drug-likeness (QED) is 0.779. The lowest BCUT2D eigenvalue weighted by Gasteiger charge is -2.25. The Morgan fingerprint density at radius 2 is 1.89 bits per heavy atom. The molecule has 0 fully saturated rings. The smallest absolute Gasteiger partial charge is 0.244 e. The van der Waals surface area contributed by atoms with Gasteiger partial charge in [-0.3, -0.25) is 0 Å². The average Bonchev–Trinajstić information content (AvgIpc) is 3.09. The van der Waals surface area contributed by atoms with E-state index < -0.39 is 10.0 Å². The first-order valence-corrected chi connectivity index (χ1v) is 10.0. The highest BCUT2D eigenvalue weighted by atomic mass is 32.2. The molecule has 0 aromatic heterocycles. The molecule has 0 saturated carbocycles. The number of hydrogen-bond donors (Lipinski definition) is 1. The van der Waals surface area contributed by atoms with E-state index in [2.05, 4.69) is 4.72 Å². The van der Waals surface area contributed by atoms with Gasteiger partial charge in [0.25, 0.3) is 0 Å². The second-order valence-electron chi connectivity index (χ2n) is 6.60. The molecule has 8 heteroatoms. The number of fused-ring (bicyclic) bond motifs is 1. The summed E-state index contributed by atoms with van der Waals surface area (Å²) in [6.45, 7) is 2.24. The average molecular weight is 392 g/mol. The molecule has 0 amide bonds. The molecular weight excluding hydrogens is 368 g/mol. The molecule has 0 spiro atoms. The maximum atomic E-state index is 12.9. The predicted molar refractivity (Wildman–Crippen MR) is 102 cm³/mol. The summed E-state index contributed by atoms with van der Waals surface area (Å²) in [7, 11) is 1.53. The van der Waals surface area contributed by atoms with E-state index in [0.29, 0.717) is 17.2 Å². The van der Waals surface area contributed by atoms with E-state index >= 15 is 0 Å². The Balaban J connectivity index is 1.83. The van der Waals surface area contributed by atoms with Gasteiger partial charge in [-0.15, -0.1) is 0 Å². The van der Waals surface area contributed by atoms with Crippen LogP contribution in [0.3, 0.4) is 0 Å². The van der Waals surface area contributed by atoms with Crippen LogP contribution >= 0.6 is 0 Å².